The van der Waals surface area contributed by atoms with Crippen LogP contribution in [0.15, 0.2) is 41.9 Å². The van der Waals surface area contributed by atoms with Crippen LogP contribution in [0.25, 0.3) is 0 Å². The largest absolute Gasteiger partial charge is 0.491 e. The molecule has 0 spiro atoms. The van der Waals surface area contributed by atoms with Crippen molar-refractivity contribution in [2.45, 2.75) is 19.8 Å². The summed E-state index contributed by atoms with van der Waals surface area (Å²) in [5, 5.41) is 6.30. The van der Waals surface area contributed by atoms with E-state index >= 15 is 0 Å². The summed E-state index contributed by atoms with van der Waals surface area (Å²) >= 11 is 0. The van der Waals surface area contributed by atoms with Crippen LogP contribution in [0, 0.1) is 0 Å². The Morgan fingerprint density at radius 3 is 2.67 bits per heavy atom. The van der Waals surface area contributed by atoms with Crippen molar-refractivity contribution in [1.29, 1.82) is 0 Å². The number of nitrogens with zero attached hydrogens (tertiary/aromatic N) is 1. The van der Waals surface area contributed by atoms with Gasteiger partial charge in [-0.2, -0.15) is 0 Å². The molecule has 0 radical (unpaired) electrons. The quantitative estimate of drug-likeness (QED) is 0.242. The highest BCUT2D eigenvalue weighted by Gasteiger charge is 2.06. The van der Waals surface area contributed by atoms with E-state index in [1.165, 1.54) is 5.56 Å². The molecule has 0 aromatic heterocycles. The SMILES string of the molecule is C=CCNC(=NC)NCCOc1ccccc1C(C)C.I. The Morgan fingerprint density at radius 2 is 2.05 bits per heavy atom. The summed E-state index contributed by atoms with van der Waals surface area (Å²) in [6, 6.07) is 8.17. The lowest BCUT2D eigenvalue weighted by Crippen LogP contribution is -2.39. The van der Waals surface area contributed by atoms with Gasteiger partial charge in [0.2, 0.25) is 0 Å². The highest BCUT2D eigenvalue weighted by Crippen LogP contribution is 2.25. The molecule has 0 atom stereocenters. The number of aliphatic imine (C=N–C) groups is 1. The maximum Gasteiger partial charge on any atom is 0.191 e. The van der Waals surface area contributed by atoms with Crippen molar-refractivity contribution < 1.29 is 4.74 Å². The summed E-state index contributed by atoms with van der Waals surface area (Å²) in [5.74, 6) is 2.17. The second-order valence-electron chi connectivity index (χ2n) is 4.71. The minimum Gasteiger partial charge on any atom is -0.491 e. The van der Waals surface area contributed by atoms with Gasteiger partial charge in [0.1, 0.15) is 12.4 Å². The molecular formula is C16H26IN3O. The molecule has 5 heteroatoms. The minimum absolute atomic E-state index is 0. The van der Waals surface area contributed by atoms with E-state index in [0.29, 0.717) is 25.6 Å². The molecule has 0 aliphatic carbocycles. The lowest BCUT2D eigenvalue weighted by atomic mass is 10.0. The molecule has 0 unspecified atom stereocenters. The van der Waals surface area contributed by atoms with Crippen LogP contribution in [0.2, 0.25) is 0 Å². The number of halogens is 1. The number of benzene rings is 1. The standard InChI is InChI=1S/C16H25N3O.HI/c1-5-10-18-16(17-4)19-11-12-20-15-9-7-6-8-14(15)13(2)3;/h5-9,13H,1,10-12H2,2-4H3,(H2,17,18,19);1H. The highest BCUT2D eigenvalue weighted by molar-refractivity contribution is 14.0. The molecule has 2 N–H and O–H groups in total. The first-order valence-corrected chi connectivity index (χ1v) is 6.96. The molecule has 1 aromatic rings. The fourth-order valence-electron chi connectivity index (χ4n) is 1.81. The molecule has 4 nitrogen and oxygen atoms in total. The van der Waals surface area contributed by atoms with Crippen molar-refractivity contribution in [2.75, 3.05) is 26.7 Å². The van der Waals surface area contributed by atoms with Crippen molar-refractivity contribution in [1.82, 2.24) is 10.6 Å². The van der Waals surface area contributed by atoms with Gasteiger partial charge in [0.05, 0.1) is 6.54 Å². The molecule has 0 bridgehead atoms. The third-order valence-corrected chi connectivity index (χ3v) is 2.83. The summed E-state index contributed by atoms with van der Waals surface area (Å²) in [5.41, 5.74) is 1.24. The van der Waals surface area contributed by atoms with Crippen molar-refractivity contribution >= 4 is 29.9 Å². The van der Waals surface area contributed by atoms with E-state index in [2.05, 4.69) is 42.1 Å². The van der Waals surface area contributed by atoms with E-state index in [4.69, 9.17) is 4.74 Å². The van der Waals surface area contributed by atoms with E-state index in [0.717, 1.165) is 11.7 Å². The number of rotatable bonds is 7. The van der Waals surface area contributed by atoms with Crippen LogP contribution in [0.1, 0.15) is 25.3 Å². The van der Waals surface area contributed by atoms with Crippen molar-refractivity contribution in [3.63, 3.8) is 0 Å². The van der Waals surface area contributed by atoms with Gasteiger partial charge in [-0.25, -0.2) is 0 Å². The fraction of sp³-hybridized carbons (Fsp3) is 0.438. The van der Waals surface area contributed by atoms with E-state index in [-0.39, 0.29) is 24.0 Å². The molecule has 118 valence electrons. The van der Waals surface area contributed by atoms with Gasteiger partial charge >= 0.3 is 0 Å². The zero-order chi connectivity index (χ0) is 14.8. The number of hydrogen-bond acceptors (Lipinski definition) is 2. The maximum atomic E-state index is 5.83. The summed E-state index contributed by atoms with van der Waals surface area (Å²) in [4.78, 5) is 4.11. The lowest BCUT2D eigenvalue weighted by molar-refractivity contribution is 0.317. The van der Waals surface area contributed by atoms with Gasteiger partial charge in [-0.05, 0) is 17.5 Å². The summed E-state index contributed by atoms with van der Waals surface area (Å²) in [6.45, 7) is 9.98. The Bertz CT molecular complexity index is 447. The van der Waals surface area contributed by atoms with Gasteiger partial charge in [-0.15, -0.1) is 30.6 Å². The molecule has 0 fully saturated rings. The first kappa shape index (κ1) is 19.8. The number of ether oxygens (including phenoxy) is 1. The zero-order valence-electron chi connectivity index (χ0n) is 13.1. The van der Waals surface area contributed by atoms with Crippen LogP contribution in [0.4, 0.5) is 0 Å². The van der Waals surface area contributed by atoms with Gasteiger partial charge in [0.25, 0.3) is 0 Å². The van der Waals surface area contributed by atoms with Gasteiger partial charge in [-0.3, -0.25) is 4.99 Å². The third-order valence-electron chi connectivity index (χ3n) is 2.83. The summed E-state index contributed by atoms with van der Waals surface area (Å²) in [6.07, 6.45) is 1.79. The molecular weight excluding hydrogens is 377 g/mol. The fourth-order valence-corrected chi connectivity index (χ4v) is 1.81. The second kappa shape index (κ2) is 11.4. The topological polar surface area (TPSA) is 45.7 Å². The number of nitrogens with one attached hydrogen (secondary N) is 2. The smallest absolute Gasteiger partial charge is 0.191 e. The molecule has 21 heavy (non-hydrogen) atoms. The van der Waals surface area contributed by atoms with Crippen LogP contribution in [-0.2, 0) is 0 Å². The normalized spacial score (nSPS) is 10.8. The predicted octanol–water partition coefficient (Wildman–Crippen LogP) is 3.16. The summed E-state index contributed by atoms with van der Waals surface area (Å²) in [7, 11) is 1.74. The molecule has 0 amide bonds. The van der Waals surface area contributed by atoms with Crippen LogP contribution in [0.5, 0.6) is 5.75 Å². The van der Waals surface area contributed by atoms with E-state index in [1.807, 2.05) is 18.2 Å². The molecule has 0 aliphatic heterocycles. The van der Waals surface area contributed by atoms with E-state index in [9.17, 15) is 0 Å². The Balaban J connectivity index is 0.00000400. The number of para-hydroxylation sites is 1. The van der Waals surface area contributed by atoms with Crippen LogP contribution < -0.4 is 15.4 Å². The van der Waals surface area contributed by atoms with Crippen LogP contribution in [-0.4, -0.2) is 32.7 Å². The zero-order valence-corrected chi connectivity index (χ0v) is 15.4. The number of guanidine groups is 1. The maximum absolute atomic E-state index is 5.83. The second-order valence-corrected chi connectivity index (χ2v) is 4.71. The Morgan fingerprint density at radius 1 is 1.33 bits per heavy atom. The summed E-state index contributed by atoms with van der Waals surface area (Å²) < 4.78 is 5.83. The van der Waals surface area contributed by atoms with Crippen molar-refractivity contribution in [3.8, 4) is 5.75 Å². The molecule has 0 heterocycles. The van der Waals surface area contributed by atoms with Crippen LogP contribution >= 0.6 is 24.0 Å². The Kier molecular flexibility index (Phi) is 10.7. The molecule has 1 aromatic carbocycles. The monoisotopic (exact) mass is 403 g/mol. The minimum atomic E-state index is 0. The average Bonchev–Trinajstić information content (AvgIpc) is 2.46. The molecule has 0 saturated carbocycles. The van der Waals surface area contributed by atoms with Gasteiger partial charge < -0.3 is 15.4 Å². The van der Waals surface area contributed by atoms with Gasteiger partial charge in [0.15, 0.2) is 5.96 Å². The Hall–Kier alpha value is -1.24. The highest BCUT2D eigenvalue weighted by atomic mass is 127. The first-order valence-electron chi connectivity index (χ1n) is 6.96. The van der Waals surface area contributed by atoms with Gasteiger partial charge in [-0.1, -0.05) is 38.1 Å². The van der Waals surface area contributed by atoms with E-state index < -0.39 is 0 Å². The van der Waals surface area contributed by atoms with Crippen molar-refractivity contribution in [3.05, 3.63) is 42.5 Å². The molecule has 0 aliphatic rings. The van der Waals surface area contributed by atoms with Gasteiger partial charge in [0, 0.05) is 13.6 Å². The average molecular weight is 403 g/mol. The number of hydrogen-bond donors (Lipinski definition) is 2. The predicted molar refractivity (Wildman–Crippen MR) is 101 cm³/mol. The van der Waals surface area contributed by atoms with E-state index in [1.54, 1.807) is 13.1 Å². The lowest BCUT2D eigenvalue weighted by Gasteiger charge is -2.15. The van der Waals surface area contributed by atoms with Crippen molar-refractivity contribution in [2.24, 2.45) is 4.99 Å². The Labute approximate surface area is 145 Å². The first-order chi connectivity index (χ1) is 9.69. The molecule has 1 rings (SSSR count). The third kappa shape index (κ3) is 7.36. The van der Waals surface area contributed by atoms with Crippen LogP contribution in [0.3, 0.4) is 0 Å². The molecule has 0 saturated heterocycles.